The van der Waals surface area contributed by atoms with Crippen LogP contribution in [0.25, 0.3) is 6.08 Å². The Morgan fingerprint density at radius 1 is 1.19 bits per heavy atom. The molecule has 182 valence electrons. The predicted molar refractivity (Wildman–Crippen MR) is 139 cm³/mol. The second-order valence-corrected chi connectivity index (χ2v) is 8.42. The zero-order valence-corrected chi connectivity index (χ0v) is 20.9. The number of non-ortho nitro benzene ring substituents is 1. The number of anilines is 1. The number of hydrogen-bond donors (Lipinski definition) is 2. The molecule has 2 N–H and O–H groups in total. The van der Waals surface area contributed by atoms with Crippen molar-refractivity contribution in [3.8, 4) is 17.6 Å². The van der Waals surface area contributed by atoms with Crippen molar-refractivity contribution in [3.05, 3.63) is 96.6 Å². The summed E-state index contributed by atoms with van der Waals surface area (Å²) in [6.07, 6.45) is 1.37. The number of nitro benzene ring substituents is 1. The van der Waals surface area contributed by atoms with Crippen LogP contribution >= 0.6 is 22.6 Å². The summed E-state index contributed by atoms with van der Waals surface area (Å²) in [6, 6.07) is 16.9. The van der Waals surface area contributed by atoms with Gasteiger partial charge in [-0.1, -0.05) is 18.2 Å². The minimum atomic E-state index is -1.14. The van der Waals surface area contributed by atoms with Crippen molar-refractivity contribution in [3.63, 3.8) is 0 Å². The number of nitrogens with one attached hydrogen (secondary N) is 1. The van der Waals surface area contributed by atoms with Gasteiger partial charge in [-0.05, 0) is 70.1 Å². The molecule has 0 spiro atoms. The van der Waals surface area contributed by atoms with E-state index in [1.165, 1.54) is 49.6 Å². The zero-order chi connectivity index (χ0) is 26.2. The highest BCUT2D eigenvalue weighted by Crippen LogP contribution is 2.35. The highest BCUT2D eigenvalue weighted by atomic mass is 127. The van der Waals surface area contributed by atoms with Gasteiger partial charge in [-0.25, -0.2) is 4.79 Å². The van der Waals surface area contributed by atoms with E-state index >= 15 is 0 Å². The lowest BCUT2D eigenvalue weighted by Gasteiger charge is -2.14. The average Bonchev–Trinajstić information content (AvgIpc) is 2.86. The standard InChI is InChI=1S/C25H18IN3O7/c1-35-22-11-16(8-18(13-27)24(30)28-19-6-3-5-17(12-19)25(31)32)10-21(26)23(22)36-14-15-4-2-7-20(9-15)29(33)34/h2-12H,14H2,1H3,(H,28,30)(H,31,32)/b18-8-. The van der Waals surface area contributed by atoms with E-state index in [9.17, 15) is 25.0 Å². The van der Waals surface area contributed by atoms with Gasteiger partial charge in [0.1, 0.15) is 18.2 Å². The number of nitriles is 1. The molecule has 0 radical (unpaired) electrons. The molecular formula is C25H18IN3O7. The van der Waals surface area contributed by atoms with Crippen LogP contribution in [-0.2, 0) is 11.4 Å². The molecule has 10 nitrogen and oxygen atoms in total. The van der Waals surface area contributed by atoms with Crippen molar-refractivity contribution < 1.29 is 29.1 Å². The molecule has 11 heteroatoms. The summed E-state index contributed by atoms with van der Waals surface area (Å²) in [5.41, 5.74) is 1.06. The number of rotatable bonds is 9. The molecule has 3 aromatic carbocycles. The Morgan fingerprint density at radius 2 is 1.94 bits per heavy atom. The van der Waals surface area contributed by atoms with Crippen LogP contribution in [-0.4, -0.2) is 29.0 Å². The fraction of sp³-hybridized carbons (Fsp3) is 0.0800. The number of amides is 1. The first-order chi connectivity index (χ1) is 17.2. The second-order valence-electron chi connectivity index (χ2n) is 7.26. The number of benzene rings is 3. The Hall–Kier alpha value is -4.44. The Labute approximate surface area is 219 Å². The predicted octanol–water partition coefficient (Wildman–Crippen LogP) is 5.03. The molecule has 0 atom stereocenters. The number of aromatic carboxylic acids is 1. The summed E-state index contributed by atoms with van der Waals surface area (Å²) in [5.74, 6) is -1.11. The lowest BCUT2D eigenvalue weighted by Crippen LogP contribution is -2.14. The van der Waals surface area contributed by atoms with Crippen LogP contribution in [0.2, 0.25) is 0 Å². The number of halogens is 1. The fourth-order valence-corrected chi connectivity index (χ4v) is 3.90. The molecule has 0 aliphatic heterocycles. The van der Waals surface area contributed by atoms with Crippen molar-refractivity contribution in [2.45, 2.75) is 6.61 Å². The molecule has 0 saturated heterocycles. The summed E-state index contributed by atoms with van der Waals surface area (Å²) in [6.45, 7) is 0.0600. The number of nitro groups is 1. The third-order valence-corrected chi connectivity index (χ3v) is 5.60. The van der Waals surface area contributed by atoms with E-state index in [1.54, 1.807) is 24.3 Å². The summed E-state index contributed by atoms with van der Waals surface area (Å²) >= 11 is 2.02. The van der Waals surface area contributed by atoms with Gasteiger partial charge < -0.3 is 19.9 Å². The molecule has 0 fully saturated rings. The van der Waals surface area contributed by atoms with Gasteiger partial charge in [0.05, 0.1) is 21.2 Å². The number of carbonyl (C=O) groups excluding carboxylic acids is 1. The molecule has 1 amide bonds. The van der Waals surface area contributed by atoms with Crippen LogP contribution in [0.3, 0.4) is 0 Å². The maximum atomic E-state index is 12.6. The van der Waals surface area contributed by atoms with Crippen LogP contribution in [0, 0.1) is 25.0 Å². The molecule has 0 bridgehead atoms. The molecule has 0 unspecified atom stereocenters. The Kier molecular flexibility index (Phi) is 8.58. The SMILES string of the molecule is COc1cc(/C=C(/C#N)C(=O)Nc2cccc(C(=O)O)c2)cc(I)c1OCc1cccc([N+](=O)[O-])c1. The zero-order valence-electron chi connectivity index (χ0n) is 18.7. The number of ether oxygens (including phenoxy) is 2. The monoisotopic (exact) mass is 599 g/mol. The van der Waals surface area contributed by atoms with E-state index in [4.69, 9.17) is 14.6 Å². The van der Waals surface area contributed by atoms with Gasteiger partial charge in [-0.2, -0.15) is 5.26 Å². The molecule has 0 aromatic heterocycles. The Morgan fingerprint density at radius 3 is 2.61 bits per heavy atom. The molecule has 3 aromatic rings. The largest absolute Gasteiger partial charge is 0.493 e. The highest BCUT2D eigenvalue weighted by molar-refractivity contribution is 14.1. The van der Waals surface area contributed by atoms with Crippen LogP contribution in [0.1, 0.15) is 21.5 Å². The normalized spacial score (nSPS) is 10.8. The van der Waals surface area contributed by atoms with Gasteiger partial charge in [0.15, 0.2) is 11.5 Å². The average molecular weight is 599 g/mol. The summed E-state index contributed by atoms with van der Waals surface area (Å²) in [4.78, 5) is 34.3. The summed E-state index contributed by atoms with van der Waals surface area (Å²) < 4.78 is 11.9. The minimum absolute atomic E-state index is 0.00438. The molecule has 0 aliphatic carbocycles. The van der Waals surface area contributed by atoms with E-state index < -0.39 is 16.8 Å². The second kappa shape index (κ2) is 11.8. The first-order valence-corrected chi connectivity index (χ1v) is 11.3. The van der Waals surface area contributed by atoms with Gasteiger partial charge in [0, 0.05) is 17.8 Å². The van der Waals surface area contributed by atoms with Crippen LogP contribution in [0.4, 0.5) is 11.4 Å². The Balaban J connectivity index is 1.82. The number of nitrogens with zero attached hydrogens (tertiary/aromatic N) is 2. The first kappa shape index (κ1) is 26.2. The van der Waals surface area contributed by atoms with Crippen molar-refractivity contribution in [2.24, 2.45) is 0 Å². The van der Waals surface area contributed by atoms with Gasteiger partial charge in [-0.3, -0.25) is 14.9 Å². The third kappa shape index (κ3) is 6.57. The van der Waals surface area contributed by atoms with Gasteiger partial charge in [-0.15, -0.1) is 0 Å². The quantitative estimate of drug-likeness (QED) is 0.114. The number of hydrogen-bond acceptors (Lipinski definition) is 7. The molecule has 0 saturated carbocycles. The Bertz CT molecular complexity index is 1410. The third-order valence-electron chi connectivity index (χ3n) is 4.80. The molecule has 0 heterocycles. The van der Waals surface area contributed by atoms with Gasteiger partial charge in [0.2, 0.25) is 0 Å². The topological polar surface area (TPSA) is 152 Å². The van der Waals surface area contributed by atoms with E-state index in [2.05, 4.69) is 5.32 Å². The highest BCUT2D eigenvalue weighted by Gasteiger charge is 2.15. The number of carbonyl (C=O) groups is 2. The van der Waals surface area contributed by atoms with Crippen LogP contribution in [0.15, 0.2) is 66.2 Å². The van der Waals surface area contributed by atoms with E-state index in [1.807, 2.05) is 28.7 Å². The number of carboxylic acid groups (broad SMARTS) is 1. The van der Waals surface area contributed by atoms with Crippen molar-refractivity contribution >= 4 is 51.9 Å². The van der Waals surface area contributed by atoms with E-state index in [0.29, 0.717) is 26.2 Å². The van der Waals surface area contributed by atoms with Crippen molar-refractivity contribution in [2.75, 3.05) is 12.4 Å². The number of methoxy groups -OCH3 is 1. The fourth-order valence-electron chi connectivity index (χ4n) is 3.12. The molecule has 3 rings (SSSR count). The lowest BCUT2D eigenvalue weighted by molar-refractivity contribution is -0.384. The molecule has 36 heavy (non-hydrogen) atoms. The molecule has 0 aliphatic rings. The van der Waals surface area contributed by atoms with E-state index in [-0.39, 0.29) is 29.1 Å². The maximum Gasteiger partial charge on any atom is 0.335 e. The molecular weight excluding hydrogens is 581 g/mol. The minimum Gasteiger partial charge on any atom is -0.493 e. The maximum absolute atomic E-state index is 12.6. The summed E-state index contributed by atoms with van der Waals surface area (Å²) in [7, 11) is 1.44. The van der Waals surface area contributed by atoms with Crippen LogP contribution in [0.5, 0.6) is 11.5 Å². The summed E-state index contributed by atoms with van der Waals surface area (Å²) in [5, 5.41) is 32.1. The van der Waals surface area contributed by atoms with Crippen molar-refractivity contribution in [1.82, 2.24) is 0 Å². The van der Waals surface area contributed by atoms with Crippen molar-refractivity contribution in [1.29, 1.82) is 5.26 Å². The lowest BCUT2D eigenvalue weighted by atomic mass is 10.1. The number of carboxylic acids is 1. The van der Waals surface area contributed by atoms with Gasteiger partial charge in [0.25, 0.3) is 11.6 Å². The first-order valence-electron chi connectivity index (χ1n) is 10.2. The van der Waals surface area contributed by atoms with E-state index in [0.717, 1.165) is 0 Å². The van der Waals surface area contributed by atoms with Crippen LogP contribution < -0.4 is 14.8 Å². The smallest absolute Gasteiger partial charge is 0.335 e. The van der Waals surface area contributed by atoms with Gasteiger partial charge >= 0.3 is 5.97 Å².